The number of pyridine rings is 1. The van der Waals surface area contributed by atoms with Crippen molar-refractivity contribution >= 4 is 10.8 Å². The zero-order valence-electron chi connectivity index (χ0n) is 10.7. The zero-order valence-corrected chi connectivity index (χ0v) is 10.7. The van der Waals surface area contributed by atoms with Gasteiger partial charge in [-0.3, -0.25) is 4.79 Å². The first-order chi connectivity index (χ1) is 9.97. The van der Waals surface area contributed by atoms with Gasteiger partial charge < -0.3 is 4.98 Å². The van der Waals surface area contributed by atoms with Gasteiger partial charge >= 0.3 is 6.18 Å². The second-order valence-corrected chi connectivity index (χ2v) is 4.64. The van der Waals surface area contributed by atoms with Crippen molar-refractivity contribution in [2.75, 3.05) is 0 Å². The molecule has 0 unspecified atom stereocenters. The van der Waals surface area contributed by atoms with Crippen molar-refractivity contribution in [3.05, 3.63) is 70.5 Å². The molecule has 1 N–H and O–H groups in total. The van der Waals surface area contributed by atoms with Crippen LogP contribution in [0.4, 0.5) is 13.2 Å². The molecule has 3 aromatic rings. The average Bonchev–Trinajstić information content (AvgIpc) is 2.46. The van der Waals surface area contributed by atoms with Crippen LogP contribution in [0.15, 0.2) is 59.4 Å². The lowest BCUT2D eigenvalue weighted by atomic mass is 10.0. The molecular weight excluding hydrogens is 279 g/mol. The van der Waals surface area contributed by atoms with Crippen molar-refractivity contribution in [2.45, 2.75) is 6.18 Å². The monoisotopic (exact) mass is 289 g/mol. The summed E-state index contributed by atoms with van der Waals surface area (Å²) in [5.41, 5.74) is -1.05. The summed E-state index contributed by atoms with van der Waals surface area (Å²) in [5.74, 6) is 0. The van der Waals surface area contributed by atoms with Crippen molar-refractivity contribution < 1.29 is 13.2 Å². The standard InChI is InChI=1S/C16H10F3NO/c17-16(18,19)13-8-4-3-7-12(13)14-9-10-5-1-2-6-11(10)15(21)20-14/h1-9H,(H,20,21). The van der Waals surface area contributed by atoms with Gasteiger partial charge in [0.1, 0.15) is 0 Å². The Morgan fingerprint density at radius 3 is 2.33 bits per heavy atom. The second kappa shape index (κ2) is 4.77. The molecule has 0 aliphatic heterocycles. The highest BCUT2D eigenvalue weighted by Gasteiger charge is 2.33. The molecule has 2 nitrogen and oxygen atoms in total. The van der Waals surface area contributed by atoms with Crippen LogP contribution in [0.2, 0.25) is 0 Å². The SMILES string of the molecule is O=c1[nH]c(-c2ccccc2C(F)(F)F)cc2ccccc12. The quantitative estimate of drug-likeness (QED) is 0.715. The smallest absolute Gasteiger partial charge is 0.321 e. The van der Waals surface area contributed by atoms with Gasteiger partial charge in [-0.25, -0.2) is 0 Å². The average molecular weight is 289 g/mol. The van der Waals surface area contributed by atoms with Crippen molar-refractivity contribution in [1.82, 2.24) is 4.98 Å². The Hall–Kier alpha value is -2.56. The van der Waals surface area contributed by atoms with E-state index in [1.807, 2.05) is 0 Å². The van der Waals surface area contributed by atoms with E-state index >= 15 is 0 Å². The number of benzene rings is 2. The van der Waals surface area contributed by atoms with Crippen LogP contribution < -0.4 is 5.56 Å². The maximum absolute atomic E-state index is 13.1. The summed E-state index contributed by atoms with van der Waals surface area (Å²) in [7, 11) is 0. The minimum absolute atomic E-state index is 0.0344. The minimum atomic E-state index is -4.47. The lowest BCUT2D eigenvalue weighted by molar-refractivity contribution is -0.137. The van der Waals surface area contributed by atoms with E-state index in [0.29, 0.717) is 10.8 Å². The fourth-order valence-corrected chi connectivity index (χ4v) is 2.32. The number of rotatable bonds is 1. The molecule has 0 aliphatic carbocycles. The summed E-state index contributed by atoms with van der Waals surface area (Å²) < 4.78 is 39.2. The molecule has 0 saturated heterocycles. The van der Waals surface area contributed by atoms with Gasteiger partial charge in [0.05, 0.1) is 5.56 Å². The maximum atomic E-state index is 13.1. The van der Waals surface area contributed by atoms with E-state index in [-0.39, 0.29) is 11.3 Å². The summed E-state index contributed by atoms with van der Waals surface area (Å²) >= 11 is 0. The molecule has 0 radical (unpaired) electrons. The number of H-pyrrole nitrogens is 1. The Morgan fingerprint density at radius 1 is 0.905 bits per heavy atom. The topological polar surface area (TPSA) is 32.9 Å². The molecule has 1 aromatic heterocycles. The van der Waals surface area contributed by atoms with Crippen LogP contribution in [-0.2, 0) is 6.18 Å². The Balaban J connectivity index is 2.29. The number of aromatic amines is 1. The third-order valence-electron chi connectivity index (χ3n) is 3.28. The van der Waals surface area contributed by atoms with E-state index in [4.69, 9.17) is 0 Å². The van der Waals surface area contributed by atoms with Crippen LogP contribution in [0, 0.1) is 0 Å². The number of hydrogen-bond acceptors (Lipinski definition) is 1. The van der Waals surface area contributed by atoms with Crippen LogP contribution in [0.1, 0.15) is 5.56 Å². The summed E-state index contributed by atoms with van der Waals surface area (Å²) in [5, 5.41) is 1.05. The fraction of sp³-hybridized carbons (Fsp3) is 0.0625. The number of fused-ring (bicyclic) bond motifs is 1. The third kappa shape index (κ3) is 2.42. The lowest BCUT2D eigenvalue weighted by Gasteiger charge is -2.13. The Labute approximate surface area is 117 Å². The molecule has 0 bridgehead atoms. The van der Waals surface area contributed by atoms with Gasteiger partial charge in [0.2, 0.25) is 0 Å². The molecule has 5 heteroatoms. The predicted octanol–water partition coefficient (Wildman–Crippen LogP) is 4.21. The van der Waals surface area contributed by atoms with E-state index in [1.165, 1.54) is 18.2 Å². The minimum Gasteiger partial charge on any atom is -0.321 e. The molecule has 0 spiro atoms. The zero-order chi connectivity index (χ0) is 15.0. The van der Waals surface area contributed by atoms with Crippen LogP contribution in [0.5, 0.6) is 0 Å². The first-order valence-corrected chi connectivity index (χ1v) is 6.25. The van der Waals surface area contributed by atoms with Crippen LogP contribution in [0.25, 0.3) is 22.0 Å². The summed E-state index contributed by atoms with van der Waals surface area (Å²) in [6.07, 6.45) is -4.47. The molecule has 21 heavy (non-hydrogen) atoms. The van der Waals surface area contributed by atoms with Gasteiger partial charge in [0, 0.05) is 16.6 Å². The van der Waals surface area contributed by atoms with Crippen LogP contribution in [-0.4, -0.2) is 4.98 Å². The molecule has 2 aromatic carbocycles. The van der Waals surface area contributed by atoms with Crippen molar-refractivity contribution in [2.24, 2.45) is 0 Å². The van der Waals surface area contributed by atoms with Gasteiger partial charge in [-0.05, 0) is 23.6 Å². The van der Waals surface area contributed by atoms with Gasteiger partial charge in [-0.1, -0.05) is 36.4 Å². The summed E-state index contributed by atoms with van der Waals surface area (Å²) in [6.45, 7) is 0. The van der Waals surface area contributed by atoms with E-state index < -0.39 is 17.3 Å². The molecule has 0 fully saturated rings. The van der Waals surface area contributed by atoms with Crippen molar-refractivity contribution in [1.29, 1.82) is 0 Å². The van der Waals surface area contributed by atoms with Gasteiger partial charge in [0.25, 0.3) is 5.56 Å². The largest absolute Gasteiger partial charge is 0.417 e. The van der Waals surface area contributed by atoms with E-state index in [9.17, 15) is 18.0 Å². The van der Waals surface area contributed by atoms with Crippen LogP contribution >= 0.6 is 0 Å². The first kappa shape index (κ1) is 13.4. The van der Waals surface area contributed by atoms with Crippen molar-refractivity contribution in [3.8, 4) is 11.3 Å². The summed E-state index contributed by atoms with van der Waals surface area (Å²) in [4.78, 5) is 14.5. The molecule has 106 valence electrons. The van der Waals surface area contributed by atoms with Crippen LogP contribution in [0.3, 0.4) is 0 Å². The van der Waals surface area contributed by atoms with Gasteiger partial charge in [-0.15, -0.1) is 0 Å². The van der Waals surface area contributed by atoms with Crippen molar-refractivity contribution in [3.63, 3.8) is 0 Å². The molecule has 1 heterocycles. The van der Waals surface area contributed by atoms with E-state index in [1.54, 1.807) is 30.3 Å². The molecular formula is C16H10F3NO. The number of nitrogens with one attached hydrogen (secondary N) is 1. The molecule has 0 saturated carbocycles. The van der Waals surface area contributed by atoms with E-state index in [0.717, 1.165) is 6.07 Å². The third-order valence-corrected chi connectivity index (χ3v) is 3.28. The number of alkyl halides is 3. The van der Waals surface area contributed by atoms with Gasteiger partial charge in [-0.2, -0.15) is 13.2 Å². The highest BCUT2D eigenvalue weighted by molar-refractivity contribution is 5.85. The molecule has 0 aliphatic rings. The first-order valence-electron chi connectivity index (χ1n) is 6.25. The lowest BCUT2D eigenvalue weighted by Crippen LogP contribution is -2.11. The number of hydrogen-bond donors (Lipinski definition) is 1. The molecule has 0 amide bonds. The highest BCUT2D eigenvalue weighted by Crippen LogP contribution is 2.36. The molecule has 0 atom stereocenters. The Bertz CT molecular complexity index is 865. The second-order valence-electron chi connectivity index (χ2n) is 4.64. The number of aromatic nitrogens is 1. The molecule has 3 rings (SSSR count). The highest BCUT2D eigenvalue weighted by atomic mass is 19.4. The fourth-order valence-electron chi connectivity index (χ4n) is 2.32. The Kier molecular flexibility index (Phi) is 3.05. The Morgan fingerprint density at radius 2 is 1.57 bits per heavy atom. The number of halogens is 3. The summed E-state index contributed by atoms with van der Waals surface area (Å²) in [6, 6.07) is 13.5. The van der Waals surface area contributed by atoms with E-state index in [2.05, 4.69) is 4.98 Å². The normalized spacial score (nSPS) is 11.8. The maximum Gasteiger partial charge on any atom is 0.417 e. The van der Waals surface area contributed by atoms with Gasteiger partial charge in [0.15, 0.2) is 0 Å². The predicted molar refractivity (Wildman–Crippen MR) is 75.0 cm³/mol.